The topological polar surface area (TPSA) is 68.5 Å². The second-order valence-corrected chi connectivity index (χ2v) is 2.63. The van der Waals surface area contributed by atoms with Crippen LogP contribution >= 0.6 is 0 Å². The number of aromatic nitrogens is 1. The molecule has 0 bridgehead atoms. The highest BCUT2D eigenvalue weighted by Crippen LogP contribution is 2.01. The molecule has 0 radical (unpaired) electrons. The molecule has 1 rings (SSSR count). The number of rotatable bonds is 4. The quantitative estimate of drug-likeness (QED) is 0.755. The van der Waals surface area contributed by atoms with Crippen LogP contribution in [-0.4, -0.2) is 22.2 Å². The van der Waals surface area contributed by atoms with Crippen LogP contribution in [0.3, 0.4) is 0 Å². The Morgan fingerprint density at radius 1 is 1.64 bits per heavy atom. The zero-order valence-electron chi connectivity index (χ0n) is 7.77. The van der Waals surface area contributed by atoms with Crippen molar-refractivity contribution in [3.8, 4) is 5.75 Å². The van der Waals surface area contributed by atoms with Crippen molar-refractivity contribution in [1.82, 2.24) is 4.57 Å². The number of ether oxygens (including phenoxy) is 1. The van der Waals surface area contributed by atoms with E-state index in [2.05, 4.69) is 0 Å². The molecule has 14 heavy (non-hydrogen) atoms. The van der Waals surface area contributed by atoms with Crippen LogP contribution in [0.1, 0.15) is 6.92 Å². The molecule has 0 amide bonds. The van der Waals surface area contributed by atoms with Crippen LogP contribution in [0.2, 0.25) is 0 Å². The molecule has 76 valence electrons. The summed E-state index contributed by atoms with van der Waals surface area (Å²) >= 11 is 0. The predicted molar refractivity (Wildman–Crippen MR) is 49.5 cm³/mol. The van der Waals surface area contributed by atoms with Gasteiger partial charge in [-0.25, -0.2) is 0 Å². The summed E-state index contributed by atoms with van der Waals surface area (Å²) in [5, 5.41) is 8.51. The van der Waals surface area contributed by atoms with E-state index in [9.17, 15) is 9.59 Å². The number of aliphatic carboxylic acids is 1. The Balaban J connectivity index is 3.01. The Morgan fingerprint density at radius 3 is 2.93 bits per heavy atom. The fourth-order valence-electron chi connectivity index (χ4n) is 1.05. The number of nitrogens with zero attached hydrogens (tertiary/aromatic N) is 1. The first-order valence-electron chi connectivity index (χ1n) is 4.19. The average molecular weight is 197 g/mol. The number of carboxylic acids is 1. The van der Waals surface area contributed by atoms with Crippen LogP contribution < -0.4 is 10.3 Å². The second kappa shape index (κ2) is 4.45. The lowest BCUT2D eigenvalue weighted by atomic mass is 10.4. The Kier molecular flexibility index (Phi) is 3.28. The summed E-state index contributed by atoms with van der Waals surface area (Å²) in [5.41, 5.74) is -0.420. The first-order valence-corrected chi connectivity index (χ1v) is 4.19. The molecule has 0 unspecified atom stereocenters. The van der Waals surface area contributed by atoms with Crippen molar-refractivity contribution >= 4 is 5.97 Å². The number of hydrogen-bond donors (Lipinski definition) is 1. The summed E-state index contributed by atoms with van der Waals surface area (Å²) in [7, 11) is 0. The van der Waals surface area contributed by atoms with E-state index in [4.69, 9.17) is 9.84 Å². The summed E-state index contributed by atoms with van der Waals surface area (Å²) in [4.78, 5) is 21.9. The molecule has 5 heteroatoms. The molecule has 0 aromatic carbocycles. The van der Waals surface area contributed by atoms with Crippen molar-refractivity contribution < 1.29 is 14.6 Å². The van der Waals surface area contributed by atoms with Crippen molar-refractivity contribution in [2.24, 2.45) is 0 Å². The monoisotopic (exact) mass is 197 g/mol. The van der Waals surface area contributed by atoms with E-state index in [1.165, 1.54) is 12.3 Å². The van der Waals surface area contributed by atoms with Gasteiger partial charge < -0.3 is 14.4 Å². The first-order chi connectivity index (χ1) is 6.65. The molecule has 0 saturated carbocycles. The Hall–Kier alpha value is -1.78. The van der Waals surface area contributed by atoms with Gasteiger partial charge in [0.15, 0.2) is 5.75 Å². The summed E-state index contributed by atoms with van der Waals surface area (Å²) in [6, 6.07) is 3.10. The van der Waals surface area contributed by atoms with Crippen LogP contribution in [0.5, 0.6) is 5.75 Å². The fraction of sp³-hybridized carbons (Fsp3) is 0.333. The summed E-state index contributed by atoms with van der Waals surface area (Å²) in [6.45, 7) is 1.79. The second-order valence-electron chi connectivity index (χ2n) is 2.63. The van der Waals surface area contributed by atoms with Gasteiger partial charge in [0, 0.05) is 6.20 Å². The van der Waals surface area contributed by atoms with E-state index in [-0.39, 0.29) is 12.3 Å². The molecule has 0 atom stereocenters. The molecule has 0 spiro atoms. The summed E-state index contributed by atoms with van der Waals surface area (Å²) in [5.74, 6) is -0.878. The zero-order chi connectivity index (χ0) is 10.6. The van der Waals surface area contributed by atoms with Gasteiger partial charge in [-0.15, -0.1) is 0 Å². The fourth-order valence-corrected chi connectivity index (χ4v) is 1.05. The predicted octanol–water partition coefficient (Wildman–Crippen LogP) is 0.332. The molecule has 1 aromatic heterocycles. The van der Waals surface area contributed by atoms with Crippen LogP contribution in [0.25, 0.3) is 0 Å². The highest BCUT2D eigenvalue weighted by molar-refractivity contribution is 5.66. The van der Waals surface area contributed by atoms with Gasteiger partial charge in [0.05, 0.1) is 6.61 Å². The third-order valence-corrected chi connectivity index (χ3v) is 1.59. The SMILES string of the molecule is CCOc1cccn(CC(=O)O)c1=O. The standard InChI is InChI=1S/C9H11NO4/c1-2-14-7-4-3-5-10(9(7)13)6-8(11)12/h3-5H,2,6H2,1H3,(H,11,12). The minimum absolute atomic E-state index is 0.177. The maximum atomic E-state index is 11.5. The third-order valence-electron chi connectivity index (χ3n) is 1.59. The van der Waals surface area contributed by atoms with E-state index < -0.39 is 11.5 Å². The van der Waals surface area contributed by atoms with E-state index >= 15 is 0 Å². The number of carboxylic acid groups (broad SMARTS) is 1. The Morgan fingerprint density at radius 2 is 2.36 bits per heavy atom. The summed E-state index contributed by atoms with van der Waals surface area (Å²) in [6.07, 6.45) is 1.42. The molecule has 0 aliphatic rings. The van der Waals surface area contributed by atoms with E-state index in [1.807, 2.05) is 0 Å². The van der Waals surface area contributed by atoms with Gasteiger partial charge in [-0.2, -0.15) is 0 Å². The molecular formula is C9H11NO4. The summed E-state index contributed by atoms with van der Waals surface area (Å²) < 4.78 is 6.12. The Labute approximate surface area is 80.6 Å². The molecule has 1 N–H and O–H groups in total. The van der Waals surface area contributed by atoms with Gasteiger partial charge in [0.2, 0.25) is 0 Å². The zero-order valence-corrected chi connectivity index (χ0v) is 7.77. The maximum absolute atomic E-state index is 11.5. The van der Waals surface area contributed by atoms with E-state index in [0.717, 1.165) is 4.57 Å². The van der Waals surface area contributed by atoms with E-state index in [0.29, 0.717) is 6.61 Å². The number of pyridine rings is 1. The lowest BCUT2D eigenvalue weighted by molar-refractivity contribution is -0.137. The lowest BCUT2D eigenvalue weighted by Crippen LogP contribution is -2.24. The molecule has 0 aliphatic heterocycles. The molecule has 5 nitrogen and oxygen atoms in total. The third kappa shape index (κ3) is 2.35. The number of hydrogen-bond acceptors (Lipinski definition) is 3. The molecule has 1 heterocycles. The van der Waals surface area contributed by atoms with Crippen molar-refractivity contribution in [3.63, 3.8) is 0 Å². The largest absolute Gasteiger partial charge is 0.488 e. The first kappa shape index (κ1) is 10.3. The highest BCUT2D eigenvalue weighted by atomic mass is 16.5. The van der Waals surface area contributed by atoms with Gasteiger partial charge >= 0.3 is 5.97 Å². The highest BCUT2D eigenvalue weighted by Gasteiger charge is 2.05. The van der Waals surface area contributed by atoms with Crippen molar-refractivity contribution in [1.29, 1.82) is 0 Å². The molecule has 0 saturated heterocycles. The average Bonchev–Trinajstić information content (AvgIpc) is 2.11. The van der Waals surface area contributed by atoms with Crippen LogP contribution in [0.4, 0.5) is 0 Å². The van der Waals surface area contributed by atoms with Gasteiger partial charge in [0.25, 0.3) is 5.56 Å². The van der Waals surface area contributed by atoms with Gasteiger partial charge in [-0.1, -0.05) is 0 Å². The van der Waals surface area contributed by atoms with Gasteiger partial charge in [-0.05, 0) is 19.1 Å². The normalized spacial score (nSPS) is 9.79. The van der Waals surface area contributed by atoms with Crippen molar-refractivity contribution in [2.45, 2.75) is 13.5 Å². The van der Waals surface area contributed by atoms with Gasteiger partial charge in [0.1, 0.15) is 6.54 Å². The van der Waals surface area contributed by atoms with Crippen LogP contribution in [0, 0.1) is 0 Å². The number of carbonyl (C=O) groups is 1. The van der Waals surface area contributed by atoms with Crippen LogP contribution in [0.15, 0.2) is 23.1 Å². The molecule has 1 aromatic rings. The van der Waals surface area contributed by atoms with Gasteiger partial charge in [-0.3, -0.25) is 9.59 Å². The smallest absolute Gasteiger partial charge is 0.323 e. The van der Waals surface area contributed by atoms with Crippen molar-refractivity contribution in [2.75, 3.05) is 6.61 Å². The lowest BCUT2D eigenvalue weighted by Gasteiger charge is -2.05. The minimum atomic E-state index is -1.05. The van der Waals surface area contributed by atoms with E-state index in [1.54, 1.807) is 13.0 Å². The maximum Gasteiger partial charge on any atom is 0.323 e. The molecule has 0 aliphatic carbocycles. The van der Waals surface area contributed by atoms with Crippen molar-refractivity contribution in [3.05, 3.63) is 28.7 Å². The minimum Gasteiger partial charge on any atom is -0.488 e. The molecular weight excluding hydrogens is 186 g/mol. The molecule has 0 fully saturated rings. The van der Waals surface area contributed by atoms with Crippen LogP contribution in [-0.2, 0) is 11.3 Å². The Bertz CT molecular complexity index is 383.